The Kier molecular flexibility index (Phi) is 4.80. The van der Waals surface area contributed by atoms with Crippen molar-refractivity contribution in [3.63, 3.8) is 0 Å². The first-order valence-electron chi connectivity index (χ1n) is 8.62. The summed E-state index contributed by atoms with van der Waals surface area (Å²) in [5.74, 6) is 1.82. The van der Waals surface area contributed by atoms with Crippen molar-refractivity contribution in [1.29, 1.82) is 0 Å². The number of benzene rings is 1. The van der Waals surface area contributed by atoms with Gasteiger partial charge < -0.3 is 14.6 Å². The van der Waals surface area contributed by atoms with Gasteiger partial charge in [0.25, 0.3) is 0 Å². The number of anilines is 1. The number of hydrogen-bond donors (Lipinski definition) is 1. The summed E-state index contributed by atoms with van der Waals surface area (Å²) < 4.78 is 10.6. The van der Waals surface area contributed by atoms with Crippen LogP contribution in [0.2, 0.25) is 0 Å². The van der Waals surface area contributed by atoms with E-state index in [-0.39, 0.29) is 11.8 Å². The van der Waals surface area contributed by atoms with Crippen LogP contribution in [0, 0.1) is 0 Å². The third kappa shape index (κ3) is 3.80. The number of methoxy groups -OCH3 is 1. The zero-order valence-electron chi connectivity index (χ0n) is 14.8. The lowest BCUT2D eigenvalue weighted by Gasteiger charge is -2.36. The molecule has 4 rings (SSSR count). The molecule has 1 fully saturated rings. The van der Waals surface area contributed by atoms with Gasteiger partial charge in [-0.2, -0.15) is 4.98 Å². The summed E-state index contributed by atoms with van der Waals surface area (Å²) >= 11 is 0. The Morgan fingerprint density at radius 1 is 1.30 bits per heavy atom. The standard InChI is InChI=1S/C19H19N5O3/c1-26-16-7-3-2-6-15(16)21-17(25)12-24-10-14(11-24)19-22-18(23-27-19)13-5-4-8-20-9-13/h2-9,14H,10-12H2,1H3,(H,21,25). The average Bonchev–Trinajstić information content (AvgIpc) is 3.15. The Bertz CT molecular complexity index is 922. The van der Waals surface area contributed by atoms with E-state index in [1.165, 1.54) is 0 Å². The first kappa shape index (κ1) is 17.2. The largest absolute Gasteiger partial charge is 0.495 e. The van der Waals surface area contributed by atoms with Crippen LogP contribution >= 0.6 is 0 Å². The number of carbonyl (C=O) groups excluding carboxylic acids is 1. The number of aromatic nitrogens is 3. The third-order valence-corrected chi connectivity index (χ3v) is 4.42. The molecule has 0 bridgehead atoms. The lowest BCUT2D eigenvalue weighted by atomic mass is 10.0. The second-order valence-electron chi connectivity index (χ2n) is 6.34. The van der Waals surface area contributed by atoms with Crippen molar-refractivity contribution < 1.29 is 14.1 Å². The Morgan fingerprint density at radius 2 is 2.15 bits per heavy atom. The zero-order valence-corrected chi connectivity index (χ0v) is 14.8. The molecule has 3 heterocycles. The number of carbonyl (C=O) groups is 1. The van der Waals surface area contributed by atoms with Crippen molar-refractivity contribution in [2.45, 2.75) is 5.92 Å². The molecule has 27 heavy (non-hydrogen) atoms. The predicted molar refractivity (Wildman–Crippen MR) is 98.3 cm³/mol. The highest BCUT2D eigenvalue weighted by molar-refractivity contribution is 5.93. The summed E-state index contributed by atoms with van der Waals surface area (Å²) in [5.41, 5.74) is 1.49. The molecule has 0 radical (unpaired) electrons. The maximum Gasteiger partial charge on any atom is 0.238 e. The van der Waals surface area contributed by atoms with Crippen LogP contribution in [0.5, 0.6) is 5.75 Å². The van der Waals surface area contributed by atoms with E-state index in [0.29, 0.717) is 42.8 Å². The quantitative estimate of drug-likeness (QED) is 0.715. The van der Waals surface area contributed by atoms with E-state index < -0.39 is 0 Å². The lowest BCUT2D eigenvalue weighted by Crippen LogP contribution is -2.48. The molecule has 1 aliphatic heterocycles. The first-order chi connectivity index (χ1) is 13.2. The number of pyridine rings is 1. The second-order valence-corrected chi connectivity index (χ2v) is 6.34. The minimum Gasteiger partial charge on any atom is -0.495 e. The Hall–Kier alpha value is -3.26. The summed E-state index contributed by atoms with van der Waals surface area (Å²) in [6, 6.07) is 11.1. The normalized spacial score (nSPS) is 14.6. The van der Waals surface area contributed by atoms with Gasteiger partial charge in [0.15, 0.2) is 0 Å². The van der Waals surface area contributed by atoms with Crippen LogP contribution in [0.25, 0.3) is 11.4 Å². The Balaban J connectivity index is 1.30. The minimum absolute atomic E-state index is 0.0838. The molecule has 0 unspecified atom stereocenters. The van der Waals surface area contributed by atoms with Crippen LogP contribution in [-0.4, -0.2) is 52.7 Å². The number of rotatable bonds is 6. The van der Waals surface area contributed by atoms with Gasteiger partial charge in [0.1, 0.15) is 5.75 Å². The van der Waals surface area contributed by atoms with Crippen molar-refractivity contribution in [2.75, 3.05) is 32.1 Å². The molecule has 8 nitrogen and oxygen atoms in total. The molecule has 0 spiro atoms. The topological polar surface area (TPSA) is 93.4 Å². The fourth-order valence-corrected chi connectivity index (χ4v) is 3.01. The maximum atomic E-state index is 12.2. The van der Waals surface area contributed by atoms with Gasteiger partial charge >= 0.3 is 0 Å². The maximum absolute atomic E-state index is 12.2. The average molecular weight is 365 g/mol. The van der Waals surface area contributed by atoms with E-state index in [4.69, 9.17) is 9.26 Å². The van der Waals surface area contributed by atoms with E-state index in [2.05, 4.69) is 20.4 Å². The molecule has 0 saturated carbocycles. The highest BCUT2D eigenvalue weighted by atomic mass is 16.5. The molecule has 2 aromatic heterocycles. The molecule has 1 aromatic carbocycles. The van der Waals surface area contributed by atoms with Crippen LogP contribution in [0.15, 0.2) is 53.3 Å². The number of nitrogens with zero attached hydrogens (tertiary/aromatic N) is 4. The summed E-state index contributed by atoms with van der Waals surface area (Å²) in [7, 11) is 1.58. The molecule has 138 valence electrons. The molecule has 1 amide bonds. The zero-order chi connectivity index (χ0) is 18.6. The van der Waals surface area contributed by atoms with E-state index >= 15 is 0 Å². The third-order valence-electron chi connectivity index (χ3n) is 4.42. The van der Waals surface area contributed by atoms with Crippen molar-refractivity contribution in [2.24, 2.45) is 0 Å². The van der Waals surface area contributed by atoms with Gasteiger partial charge in [-0.3, -0.25) is 14.7 Å². The monoisotopic (exact) mass is 365 g/mol. The summed E-state index contributed by atoms with van der Waals surface area (Å²) in [6.07, 6.45) is 3.40. The summed E-state index contributed by atoms with van der Waals surface area (Å²) in [6.45, 7) is 1.71. The molecule has 1 saturated heterocycles. The van der Waals surface area contributed by atoms with E-state index in [0.717, 1.165) is 5.56 Å². The van der Waals surface area contributed by atoms with E-state index in [1.54, 1.807) is 19.5 Å². The first-order valence-corrected chi connectivity index (χ1v) is 8.62. The van der Waals surface area contributed by atoms with Crippen LogP contribution in [0.4, 0.5) is 5.69 Å². The van der Waals surface area contributed by atoms with Crippen LogP contribution in [-0.2, 0) is 4.79 Å². The Morgan fingerprint density at radius 3 is 2.93 bits per heavy atom. The van der Waals surface area contributed by atoms with Crippen molar-refractivity contribution in [1.82, 2.24) is 20.0 Å². The Labute approximate surface area is 156 Å². The van der Waals surface area contributed by atoms with Gasteiger partial charge in [-0.15, -0.1) is 0 Å². The molecule has 0 atom stereocenters. The van der Waals surface area contributed by atoms with Gasteiger partial charge in [0.2, 0.25) is 17.6 Å². The number of nitrogens with one attached hydrogen (secondary N) is 1. The van der Waals surface area contributed by atoms with Crippen LogP contribution in [0.1, 0.15) is 11.8 Å². The number of para-hydroxylation sites is 2. The molecule has 3 aromatic rings. The lowest BCUT2D eigenvalue weighted by molar-refractivity contribution is -0.118. The van der Waals surface area contributed by atoms with Gasteiger partial charge in [-0.05, 0) is 24.3 Å². The summed E-state index contributed by atoms with van der Waals surface area (Å²) in [5, 5.41) is 6.89. The minimum atomic E-state index is -0.0838. The van der Waals surface area contributed by atoms with Crippen molar-refractivity contribution >= 4 is 11.6 Å². The molecular formula is C19H19N5O3. The van der Waals surface area contributed by atoms with Crippen LogP contribution in [0.3, 0.4) is 0 Å². The second kappa shape index (κ2) is 7.55. The van der Waals surface area contributed by atoms with Gasteiger partial charge in [0.05, 0.1) is 25.3 Å². The number of ether oxygens (including phenoxy) is 1. The number of amides is 1. The highest BCUT2D eigenvalue weighted by Gasteiger charge is 2.33. The fraction of sp³-hybridized carbons (Fsp3) is 0.263. The van der Waals surface area contributed by atoms with Gasteiger partial charge in [-0.1, -0.05) is 17.3 Å². The van der Waals surface area contributed by atoms with Gasteiger partial charge in [-0.25, -0.2) is 0 Å². The smallest absolute Gasteiger partial charge is 0.238 e. The van der Waals surface area contributed by atoms with Crippen LogP contribution < -0.4 is 10.1 Å². The van der Waals surface area contributed by atoms with Crippen molar-refractivity contribution in [3.05, 3.63) is 54.7 Å². The molecule has 1 aliphatic rings. The molecule has 1 N–H and O–H groups in total. The SMILES string of the molecule is COc1ccccc1NC(=O)CN1CC(c2nc(-c3cccnc3)no2)C1. The highest BCUT2D eigenvalue weighted by Crippen LogP contribution is 2.28. The predicted octanol–water partition coefficient (Wildman–Crippen LogP) is 2.18. The van der Waals surface area contributed by atoms with Gasteiger partial charge in [0, 0.05) is 31.0 Å². The van der Waals surface area contributed by atoms with E-state index in [9.17, 15) is 4.79 Å². The molecule has 8 heteroatoms. The summed E-state index contributed by atoms with van der Waals surface area (Å²) in [4.78, 5) is 22.8. The number of hydrogen-bond acceptors (Lipinski definition) is 7. The van der Waals surface area contributed by atoms with E-state index in [1.807, 2.05) is 41.3 Å². The fourth-order valence-electron chi connectivity index (χ4n) is 3.01. The number of likely N-dealkylation sites (tertiary alicyclic amines) is 1. The van der Waals surface area contributed by atoms with Crippen molar-refractivity contribution in [3.8, 4) is 17.1 Å². The molecule has 0 aliphatic carbocycles. The molecular weight excluding hydrogens is 346 g/mol.